The second-order valence-electron chi connectivity index (χ2n) is 5.50. The van der Waals surface area contributed by atoms with Crippen LogP contribution in [0.15, 0.2) is 17.5 Å². The Morgan fingerprint density at radius 3 is 2.40 bits per heavy atom. The van der Waals surface area contributed by atoms with Gasteiger partial charge in [0.2, 0.25) is 0 Å². The molecular weight excluding hydrogens is 202 g/mol. The zero-order valence-electron chi connectivity index (χ0n) is 10.5. The Bertz CT molecular complexity index is 269. The number of nitrogens with one attached hydrogen (secondary N) is 1. The van der Waals surface area contributed by atoms with E-state index in [1.807, 2.05) is 11.3 Å². The normalized spacial score (nSPS) is 14.5. The van der Waals surface area contributed by atoms with Crippen molar-refractivity contribution in [3.8, 4) is 0 Å². The molecule has 0 amide bonds. The van der Waals surface area contributed by atoms with E-state index >= 15 is 0 Å². The molecule has 15 heavy (non-hydrogen) atoms. The molecule has 0 saturated heterocycles. The average molecular weight is 225 g/mol. The van der Waals surface area contributed by atoms with Crippen LogP contribution in [0.2, 0.25) is 0 Å². The minimum atomic E-state index is 0.213. The molecule has 0 fully saturated rings. The number of hydrogen-bond donors (Lipinski definition) is 1. The lowest BCUT2D eigenvalue weighted by Crippen LogP contribution is -2.39. The van der Waals surface area contributed by atoms with Crippen molar-refractivity contribution in [3.63, 3.8) is 0 Å². The summed E-state index contributed by atoms with van der Waals surface area (Å²) in [5.41, 5.74) is 0.213. The maximum absolute atomic E-state index is 3.60. The molecule has 0 saturated carbocycles. The molecule has 0 aliphatic heterocycles. The Morgan fingerprint density at radius 2 is 2.00 bits per heavy atom. The molecule has 1 rings (SSSR count). The molecule has 0 aliphatic carbocycles. The molecular formula is C13H23NS. The van der Waals surface area contributed by atoms with Crippen molar-refractivity contribution in [2.75, 3.05) is 6.54 Å². The zero-order valence-corrected chi connectivity index (χ0v) is 11.3. The predicted octanol–water partition coefficient (Wildman–Crippen LogP) is 3.88. The summed E-state index contributed by atoms with van der Waals surface area (Å²) in [7, 11) is 0. The fourth-order valence-electron chi connectivity index (χ4n) is 1.58. The van der Waals surface area contributed by atoms with Crippen LogP contribution in [0, 0.1) is 5.92 Å². The summed E-state index contributed by atoms with van der Waals surface area (Å²) in [5.74, 6) is 1.34. The van der Waals surface area contributed by atoms with Gasteiger partial charge in [-0.3, -0.25) is 0 Å². The third-order valence-corrected chi connectivity index (χ3v) is 3.57. The molecule has 1 nitrogen and oxygen atoms in total. The average Bonchev–Trinajstić information content (AvgIpc) is 2.54. The lowest BCUT2D eigenvalue weighted by molar-refractivity contribution is 0.374. The summed E-state index contributed by atoms with van der Waals surface area (Å²) in [6, 6.07) is 4.39. The topological polar surface area (TPSA) is 12.0 Å². The molecule has 1 aromatic rings. The molecule has 0 radical (unpaired) electrons. The van der Waals surface area contributed by atoms with Gasteiger partial charge in [0.15, 0.2) is 0 Å². The van der Waals surface area contributed by atoms with Gasteiger partial charge in [-0.25, -0.2) is 0 Å². The highest BCUT2D eigenvalue weighted by molar-refractivity contribution is 7.10. The van der Waals surface area contributed by atoms with Gasteiger partial charge >= 0.3 is 0 Å². The first-order chi connectivity index (χ1) is 6.90. The molecule has 86 valence electrons. The van der Waals surface area contributed by atoms with E-state index in [4.69, 9.17) is 0 Å². The smallest absolute Gasteiger partial charge is 0.00967 e. The highest BCUT2D eigenvalue weighted by Gasteiger charge is 2.19. The minimum absolute atomic E-state index is 0.213. The Kier molecular flexibility index (Phi) is 4.35. The van der Waals surface area contributed by atoms with Crippen LogP contribution in [-0.2, 0) is 0 Å². The first-order valence-corrected chi connectivity index (χ1v) is 6.56. The Labute approximate surface area is 97.9 Å². The summed E-state index contributed by atoms with van der Waals surface area (Å²) >= 11 is 1.87. The molecule has 1 unspecified atom stereocenters. The van der Waals surface area contributed by atoms with Crippen LogP contribution < -0.4 is 5.32 Å². The SMILES string of the molecule is CC(C)C(CNC(C)(C)C)c1cccs1. The van der Waals surface area contributed by atoms with E-state index in [-0.39, 0.29) is 5.54 Å². The van der Waals surface area contributed by atoms with Crippen molar-refractivity contribution in [2.24, 2.45) is 5.92 Å². The largest absolute Gasteiger partial charge is 0.311 e. The zero-order chi connectivity index (χ0) is 11.5. The quantitative estimate of drug-likeness (QED) is 0.820. The van der Waals surface area contributed by atoms with E-state index in [0.29, 0.717) is 11.8 Å². The van der Waals surface area contributed by atoms with E-state index in [9.17, 15) is 0 Å². The molecule has 1 atom stereocenters. The molecule has 1 aromatic heterocycles. The van der Waals surface area contributed by atoms with E-state index in [0.717, 1.165) is 6.54 Å². The van der Waals surface area contributed by atoms with Crippen molar-refractivity contribution in [2.45, 2.75) is 46.1 Å². The van der Waals surface area contributed by atoms with Crippen LogP contribution in [-0.4, -0.2) is 12.1 Å². The van der Waals surface area contributed by atoms with Gasteiger partial charge in [-0.2, -0.15) is 0 Å². The van der Waals surface area contributed by atoms with Crippen LogP contribution in [0.25, 0.3) is 0 Å². The molecule has 2 heteroatoms. The maximum atomic E-state index is 3.60. The molecule has 0 aliphatic rings. The van der Waals surface area contributed by atoms with Gasteiger partial charge < -0.3 is 5.32 Å². The van der Waals surface area contributed by atoms with Crippen molar-refractivity contribution in [1.82, 2.24) is 5.32 Å². The van der Waals surface area contributed by atoms with E-state index in [2.05, 4.69) is 57.4 Å². The van der Waals surface area contributed by atoms with Crippen LogP contribution in [0.3, 0.4) is 0 Å². The monoisotopic (exact) mass is 225 g/mol. The number of thiophene rings is 1. The van der Waals surface area contributed by atoms with Gasteiger partial charge in [-0.15, -0.1) is 11.3 Å². The molecule has 1 N–H and O–H groups in total. The van der Waals surface area contributed by atoms with Gasteiger partial charge in [0.25, 0.3) is 0 Å². The third kappa shape index (κ3) is 4.35. The molecule has 0 spiro atoms. The summed E-state index contributed by atoms with van der Waals surface area (Å²) in [4.78, 5) is 1.50. The van der Waals surface area contributed by atoms with Crippen molar-refractivity contribution >= 4 is 11.3 Å². The Hall–Kier alpha value is -0.340. The second-order valence-corrected chi connectivity index (χ2v) is 6.48. The fraction of sp³-hybridized carbons (Fsp3) is 0.692. The van der Waals surface area contributed by atoms with Gasteiger partial charge in [-0.05, 0) is 38.1 Å². The highest BCUT2D eigenvalue weighted by Crippen LogP contribution is 2.27. The predicted molar refractivity (Wildman–Crippen MR) is 69.7 cm³/mol. The second kappa shape index (κ2) is 5.13. The highest BCUT2D eigenvalue weighted by atomic mass is 32.1. The summed E-state index contributed by atoms with van der Waals surface area (Å²) in [6.45, 7) is 12.3. The van der Waals surface area contributed by atoms with Gasteiger partial charge in [0, 0.05) is 22.9 Å². The minimum Gasteiger partial charge on any atom is -0.311 e. The van der Waals surface area contributed by atoms with Gasteiger partial charge in [-0.1, -0.05) is 19.9 Å². The summed E-state index contributed by atoms with van der Waals surface area (Å²) in [5, 5.41) is 5.77. The lowest BCUT2D eigenvalue weighted by Gasteiger charge is -2.27. The number of hydrogen-bond acceptors (Lipinski definition) is 2. The van der Waals surface area contributed by atoms with Crippen LogP contribution in [0.5, 0.6) is 0 Å². The first kappa shape index (κ1) is 12.7. The summed E-state index contributed by atoms with van der Waals surface area (Å²) < 4.78 is 0. The van der Waals surface area contributed by atoms with Crippen LogP contribution in [0.4, 0.5) is 0 Å². The molecule has 0 aromatic carbocycles. The first-order valence-electron chi connectivity index (χ1n) is 5.68. The lowest BCUT2D eigenvalue weighted by atomic mass is 9.93. The van der Waals surface area contributed by atoms with E-state index in [1.54, 1.807) is 0 Å². The van der Waals surface area contributed by atoms with Crippen LogP contribution >= 0.6 is 11.3 Å². The number of rotatable bonds is 4. The maximum Gasteiger partial charge on any atom is 0.00967 e. The van der Waals surface area contributed by atoms with E-state index < -0.39 is 0 Å². The van der Waals surface area contributed by atoms with Crippen LogP contribution in [0.1, 0.15) is 45.4 Å². The standard InChI is InChI=1S/C13H23NS/c1-10(2)11(9-14-13(3,4)5)12-7-6-8-15-12/h6-8,10-11,14H,9H2,1-5H3. The molecule has 1 heterocycles. The van der Waals surface area contributed by atoms with Crippen molar-refractivity contribution in [3.05, 3.63) is 22.4 Å². The fourth-order valence-corrected chi connectivity index (χ4v) is 2.58. The molecule has 0 bridgehead atoms. The van der Waals surface area contributed by atoms with Crippen molar-refractivity contribution in [1.29, 1.82) is 0 Å². The van der Waals surface area contributed by atoms with Gasteiger partial charge in [0.05, 0.1) is 0 Å². The Balaban J connectivity index is 2.61. The van der Waals surface area contributed by atoms with E-state index in [1.165, 1.54) is 4.88 Å². The summed E-state index contributed by atoms with van der Waals surface area (Å²) in [6.07, 6.45) is 0. The van der Waals surface area contributed by atoms with Gasteiger partial charge in [0.1, 0.15) is 0 Å². The van der Waals surface area contributed by atoms with Crippen molar-refractivity contribution < 1.29 is 0 Å². The third-order valence-electron chi connectivity index (χ3n) is 2.57. The Morgan fingerprint density at radius 1 is 1.33 bits per heavy atom.